The van der Waals surface area contributed by atoms with Crippen molar-refractivity contribution in [3.8, 4) is 0 Å². The lowest BCUT2D eigenvalue weighted by molar-refractivity contribution is -0.173. The minimum absolute atomic E-state index is 0.00646. The first-order valence-corrected chi connectivity index (χ1v) is 14.2. The third-order valence-corrected chi connectivity index (χ3v) is 12.9. The maximum absolute atomic E-state index is 14.3. The molecule has 0 saturated heterocycles. The summed E-state index contributed by atoms with van der Waals surface area (Å²) in [5.74, 6) is 1.97. The van der Waals surface area contributed by atoms with Crippen LogP contribution in [-0.2, 0) is 14.3 Å². The lowest BCUT2D eigenvalue weighted by Crippen LogP contribution is -2.65. The number of carbonyl (C=O) groups excluding carboxylic acids is 2. The van der Waals surface area contributed by atoms with Crippen molar-refractivity contribution in [3.63, 3.8) is 0 Å². The maximum Gasteiger partial charge on any atom is 0.311 e. The Morgan fingerprint density at radius 2 is 1.69 bits per heavy atom. The molecule has 2 N–H and O–H groups in total. The highest BCUT2D eigenvalue weighted by molar-refractivity contribution is 5.95. The lowest BCUT2D eigenvalue weighted by atomic mass is 9.36. The summed E-state index contributed by atoms with van der Waals surface area (Å²) in [4.78, 5) is 27.1. The van der Waals surface area contributed by atoms with Gasteiger partial charge in [0.1, 0.15) is 0 Å². The molecule has 5 aliphatic rings. The van der Waals surface area contributed by atoms with Crippen LogP contribution in [-0.4, -0.2) is 24.9 Å². The van der Waals surface area contributed by atoms with Crippen molar-refractivity contribution >= 4 is 11.8 Å². The van der Waals surface area contributed by atoms with Crippen LogP contribution in [0.2, 0.25) is 0 Å². The average Bonchev–Trinajstić information content (AvgIpc) is 2.80. The quantitative estimate of drug-likeness (QED) is 0.443. The van der Waals surface area contributed by atoms with E-state index in [1.54, 1.807) is 0 Å². The third kappa shape index (κ3) is 3.26. The Bertz CT molecular complexity index is 968. The van der Waals surface area contributed by atoms with E-state index in [2.05, 4.69) is 54.5 Å². The number of carbonyl (C=O) groups is 2. The standard InChI is InChI=1S/C31H49NO3/c1-18-15-22-27(2,3)23(32)9-10-31(22,7)25-21(33)16-19-20-17-29(5,26(34)35-8)12-11-28(20,4)13-14-30(19,6)24(18)25/h16,18,20,22-25H,9-15,17,32H2,1-8H3/t18-,20?,22?,23?,24?,25?,28+,29-,30+,31-/m0/s1. The largest absolute Gasteiger partial charge is 0.469 e. The molecule has 0 radical (unpaired) electrons. The number of ether oxygens (including phenoxy) is 1. The first-order chi connectivity index (χ1) is 16.1. The molecule has 0 bridgehead atoms. The number of fused-ring (bicyclic) bond motifs is 7. The van der Waals surface area contributed by atoms with Crippen LogP contribution in [0.4, 0.5) is 0 Å². The molecule has 0 aromatic carbocycles. The molecule has 0 spiro atoms. The Hall–Kier alpha value is -1.16. The van der Waals surface area contributed by atoms with Crippen molar-refractivity contribution in [1.29, 1.82) is 0 Å². The molecule has 4 heteroatoms. The summed E-state index contributed by atoms with van der Waals surface area (Å²) >= 11 is 0. The Morgan fingerprint density at radius 1 is 1.03 bits per heavy atom. The number of allylic oxidation sites excluding steroid dienone is 2. The van der Waals surface area contributed by atoms with Crippen LogP contribution in [0.1, 0.15) is 99.8 Å². The number of hydrogen-bond donors (Lipinski definition) is 1. The van der Waals surface area contributed by atoms with Crippen molar-refractivity contribution in [2.75, 3.05) is 7.11 Å². The van der Waals surface area contributed by atoms with Crippen LogP contribution in [0.5, 0.6) is 0 Å². The van der Waals surface area contributed by atoms with E-state index in [1.807, 2.05) is 0 Å². The van der Waals surface area contributed by atoms with Crippen LogP contribution < -0.4 is 5.73 Å². The van der Waals surface area contributed by atoms with Crippen LogP contribution in [0.25, 0.3) is 0 Å². The van der Waals surface area contributed by atoms with E-state index in [1.165, 1.54) is 19.1 Å². The SMILES string of the molecule is COC(=O)[C@@]1(C)CC[C@]2(C)CC[C@]3(C)C(=CC(=O)C4C3[C@@H](C)CC3C(C)(C)C(N)CC[C@]43C)C2C1. The lowest BCUT2D eigenvalue weighted by Gasteiger charge is -2.68. The van der Waals surface area contributed by atoms with Gasteiger partial charge in [0, 0.05) is 12.0 Å². The topological polar surface area (TPSA) is 69.4 Å². The fourth-order valence-electron chi connectivity index (χ4n) is 10.5. The zero-order valence-corrected chi connectivity index (χ0v) is 23.5. The van der Waals surface area contributed by atoms with Gasteiger partial charge >= 0.3 is 5.97 Å². The molecule has 0 amide bonds. The molecule has 4 fully saturated rings. The first kappa shape index (κ1) is 25.5. The van der Waals surface area contributed by atoms with Crippen LogP contribution >= 0.6 is 0 Å². The average molecular weight is 484 g/mol. The summed E-state index contributed by atoms with van der Waals surface area (Å²) in [5, 5.41) is 0. The summed E-state index contributed by atoms with van der Waals surface area (Å²) in [5.41, 5.74) is 7.82. The summed E-state index contributed by atoms with van der Waals surface area (Å²) in [7, 11) is 1.51. The van der Waals surface area contributed by atoms with Gasteiger partial charge in [-0.3, -0.25) is 9.59 Å². The molecule has 0 heterocycles. The van der Waals surface area contributed by atoms with E-state index < -0.39 is 5.41 Å². The molecule has 10 atom stereocenters. The first-order valence-electron chi connectivity index (χ1n) is 14.2. The van der Waals surface area contributed by atoms with E-state index in [9.17, 15) is 9.59 Å². The van der Waals surface area contributed by atoms with E-state index in [-0.39, 0.29) is 45.5 Å². The fraction of sp³-hybridized carbons (Fsp3) is 0.871. The molecule has 35 heavy (non-hydrogen) atoms. The highest BCUT2D eigenvalue weighted by Crippen LogP contribution is 2.71. The molecule has 196 valence electrons. The second-order valence-electron chi connectivity index (χ2n) is 15.1. The Balaban J connectivity index is 1.60. The number of ketones is 1. The molecule has 5 aliphatic carbocycles. The second kappa shape index (κ2) is 7.68. The fourth-order valence-corrected chi connectivity index (χ4v) is 10.5. The van der Waals surface area contributed by atoms with E-state index in [0.29, 0.717) is 23.5 Å². The molecule has 5 unspecified atom stereocenters. The minimum atomic E-state index is -0.462. The highest BCUT2D eigenvalue weighted by Gasteiger charge is 2.67. The number of hydrogen-bond acceptors (Lipinski definition) is 4. The van der Waals surface area contributed by atoms with Gasteiger partial charge in [-0.1, -0.05) is 47.1 Å². The van der Waals surface area contributed by atoms with E-state index >= 15 is 0 Å². The number of methoxy groups -OCH3 is 1. The van der Waals surface area contributed by atoms with Gasteiger partial charge in [0.15, 0.2) is 5.78 Å². The molecule has 0 aliphatic heterocycles. The van der Waals surface area contributed by atoms with E-state index in [4.69, 9.17) is 10.5 Å². The second-order valence-corrected chi connectivity index (χ2v) is 15.1. The Morgan fingerprint density at radius 3 is 2.34 bits per heavy atom. The molecular formula is C31H49NO3. The highest BCUT2D eigenvalue weighted by atomic mass is 16.5. The summed E-state index contributed by atoms with van der Waals surface area (Å²) in [6.07, 6.45) is 10.4. The number of nitrogens with two attached hydrogens (primary N) is 1. The molecule has 4 nitrogen and oxygen atoms in total. The molecular weight excluding hydrogens is 434 g/mol. The summed E-state index contributed by atoms with van der Waals surface area (Å²) in [6, 6.07) is 0.207. The van der Waals surface area contributed by atoms with Crippen molar-refractivity contribution in [2.24, 2.45) is 62.4 Å². The predicted molar refractivity (Wildman–Crippen MR) is 139 cm³/mol. The molecule has 0 aromatic rings. The molecule has 4 saturated carbocycles. The number of rotatable bonds is 1. The van der Waals surface area contributed by atoms with Gasteiger partial charge < -0.3 is 10.5 Å². The van der Waals surface area contributed by atoms with Crippen LogP contribution in [0, 0.1) is 56.7 Å². The van der Waals surface area contributed by atoms with Gasteiger partial charge in [-0.15, -0.1) is 0 Å². The van der Waals surface area contributed by atoms with Crippen molar-refractivity contribution in [3.05, 3.63) is 11.6 Å². The van der Waals surface area contributed by atoms with Gasteiger partial charge in [-0.2, -0.15) is 0 Å². The van der Waals surface area contributed by atoms with Gasteiger partial charge in [-0.05, 0) is 110 Å². The molecule has 0 aromatic heterocycles. The van der Waals surface area contributed by atoms with Crippen LogP contribution in [0.3, 0.4) is 0 Å². The van der Waals surface area contributed by atoms with Crippen LogP contribution in [0.15, 0.2) is 11.6 Å². The van der Waals surface area contributed by atoms with Crippen molar-refractivity contribution < 1.29 is 14.3 Å². The summed E-state index contributed by atoms with van der Waals surface area (Å²) in [6.45, 7) is 16.5. The predicted octanol–water partition coefficient (Wildman–Crippen LogP) is 6.32. The minimum Gasteiger partial charge on any atom is -0.469 e. The zero-order chi connectivity index (χ0) is 25.8. The summed E-state index contributed by atoms with van der Waals surface area (Å²) < 4.78 is 5.26. The zero-order valence-electron chi connectivity index (χ0n) is 23.5. The van der Waals surface area contributed by atoms with Gasteiger partial charge in [-0.25, -0.2) is 0 Å². The molecule has 5 rings (SSSR count). The monoisotopic (exact) mass is 483 g/mol. The Labute approximate surface area is 213 Å². The smallest absolute Gasteiger partial charge is 0.311 e. The Kier molecular flexibility index (Phi) is 5.59. The normalized spacial score (nSPS) is 52.8. The van der Waals surface area contributed by atoms with Gasteiger partial charge in [0.2, 0.25) is 0 Å². The van der Waals surface area contributed by atoms with E-state index in [0.717, 1.165) is 44.9 Å². The van der Waals surface area contributed by atoms with Crippen molar-refractivity contribution in [1.82, 2.24) is 0 Å². The number of esters is 1. The van der Waals surface area contributed by atoms with Gasteiger partial charge in [0.05, 0.1) is 12.5 Å². The third-order valence-electron chi connectivity index (χ3n) is 12.9. The van der Waals surface area contributed by atoms with Gasteiger partial charge in [0.25, 0.3) is 0 Å². The van der Waals surface area contributed by atoms with Crippen molar-refractivity contribution in [2.45, 2.75) is 106 Å². The maximum atomic E-state index is 14.3.